The average Bonchev–Trinajstić information content (AvgIpc) is 2.55. The zero-order chi connectivity index (χ0) is 14.3. The maximum atomic E-state index is 11.8. The van der Waals surface area contributed by atoms with E-state index in [9.17, 15) is 4.79 Å². The topological polar surface area (TPSA) is 41.6 Å². The molecule has 112 valence electrons. The lowest BCUT2D eigenvalue weighted by molar-refractivity contribution is 0.0294. The minimum Gasteiger partial charge on any atom is -0.444 e. The van der Waals surface area contributed by atoms with Crippen LogP contribution in [0.25, 0.3) is 0 Å². The molecule has 0 aromatic carbocycles. The molecule has 1 saturated heterocycles. The Morgan fingerprint density at radius 2 is 2.05 bits per heavy atom. The number of hydrogen-bond donors (Lipinski definition) is 1. The normalized spacial score (nSPS) is 20.7. The summed E-state index contributed by atoms with van der Waals surface area (Å²) >= 11 is 0. The van der Waals surface area contributed by atoms with Crippen molar-refractivity contribution in [2.75, 3.05) is 26.7 Å². The second-order valence-electron chi connectivity index (χ2n) is 6.59. The number of ether oxygens (including phenoxy) is 1. The van der Waals surface area contributed by atoms with E-state index in [2.05, 4.69) is 5.32 Å². The monoisotopic (exact) mass is 270 g/mol. The van der Waals surface area contributed by atoms with Crippen molar-refractivity contribution < 1.29 is 9.53 Å². The fourth-order valence-electron chi connectivity index (χ4n) is 2.43. The van der Waals surface area contributed by atoms with Crippen LogP contribution in [0.2, 0.25) is 0 Å². The van der Waals surface area contributed by atoms with Gasteiger partial charge in [0.2, 0.25) is 0 Å². The first-order valence-corrected chi connectivity index (χ1v) is 7.53. The molecule has 0 bridgehead atoms. The van der Waals surface area contributed by atoms with Gasteiger partial charge in [0.15, 0.2) is 0 Å². The Labute approximate surface area is 117 Å². The zero-order valence-electron chi connectivity index (χ0n) is 13.0. The molecule has 1 aliphatic heterocycles. The van der Waals surface area contributed by atoms with E-state index in [0.29, 0.717) is 0 Å². The largest absolute Gasteiger partial charge is 0.444 e. The summed E-state index contributed by atoms with van der Waals surface area (Å²) < 4.78 is 5.34. The van der Waals surface area contributed by atoms with Gasteiger partial charge in [-0.3, -0.25) is 0 Å². The van der Waals surface area contributed by atoms with E-state index in [-0.39, 0.29) is 6.09 Å². The second kappa shape index (κ2) is 7.73. The number of carbonyl (C=O) groups is 1. The van der Waals surface area contributed by atoms with Gasteiger partial charge in [-0.1, -0.05) is 0 Å². The van der Waals surface area contributed by atoms with E-state index in [1.54, 1.807) is 4.90 Å². The van der Waals surface area contributed by atoms with Gasteiger partial charge in [0, 0.05) is 13.6 Å². The lowest BCUT2D eigenvalue weighted by atomic mass is 9.95. The van der Waals surface area contributed by atoms with Crippen LogP contribution in [0, 0.1) is 5.92 Å². The molecule has 1 atom stereocenters. The van der Waals surface area contributed by atoms with Crippen molar-refractivity contribution in [1.29, 1.82) is 0 Å². The molecule has 1 unspecified atom stereocenters. The third-order valence-corrected chi connectivity index (χ3v) is 3.51. The third kappa shape index (κ3) is 7.41. The molecular formula is C15H30N2O2. The highest BCUT2D eigenvalue weighted by Gasteiger charge is 2.19. The maximum absolute atomic E-state index is 11.8. The summed E-state index contributed by atoms with van der Waals surface area (Å²) in [5, 5.41) is 3.44. The van der Waals surface area contributed by atoms with Crippen molar-refractivity contribution in [3.63, 3.8) is 0 Å². The summed E-state index contributed by atoms with van der Waals surface area (Å²) in [7, 11) is 1.82. The Morgan fingerprint density at radius 1 is 1.32 bits per heavy atom. The van der Waals surface area contributed by atoms with Gasteiger partial charge in [0.1, 0.15) is 5.60 Å². The summed E-state index contributed by atoms with van der Waals surface area (Å²) in [6.45, 7) is 8.80. The van der Waals surface area contributed by atoms with E-state index in [4.69, 9.17) is 4.74 Å². The van der Waals surface area contributed by atoms with Crippen molar-refractivity contribution in [1.82, 2.24) is 10.2 Å². The highest BCUT2D eigenvalue weighted by molar-refractivity contribution is 5.67. The van der Waals surface area contributed by atoms with Crippen molar-refractivity contribution in [2.45, 2.75) is 58.5 Å². The molecule has 0 spiro atoms. The summed E-state index contributed by atoms with van der Waals surface area (Å²) in [4.78, 5) is 13.5. The van der Waals surface area contributed by atoms with Crippen molar-refractivity contribution in [3.8, 4) is 0 Å². The molecule has 19 heavy (non-hydrogen) atoms. The molecule has 0 radical (unpaired) electrons. The molecule has 4 heteroatoms. The third-order valence-electron chi connectivity index (χ3n) is 3.51. The molecule has 1 rings (SSSR count). The molecule has 1 N–H and O–H groups in total. The smallest absolute Gasteiger partial charge is 0.410 e. The first kappa shape index (κ1) is 16.3. The molecule has 1 aliphatic rings. The predicted molar refractivity (Wildman–Crippen MR) is 78.3 cm³/mol. The fraction of sp³-hybridized carbons (Fsp3) is 0.933. The highest BCUT2D eigenvalue weighted by Crippen LogP contribution is 2.19. The maximum Gasteiger partial charge on any atom is 0.410 e. The summed E-state index contributed by atoms with van der Waals surface area (Å²) in [5.41, 5.74) is -0.404. The van der Waals surface area contributed by atoms with E-state index >= 15 is 0 Å². The van der Waals surface area contributed by atoms with Crippen molar-refractivity contribution >= 4 is 6.09 Å². The van der Waals surface area contributed by atoms with Crippen LogP contribution in [0.4, 0.5) is 4.79 Å². The zero-order valence-corrected chi connectivity index (χ0v) is 13.0. The second-order valence-corrected chi connectivity index (χ2v) is 6.59. The molecular weight excluding hydrogens is 240 g/mol. The Hall–Kier alpha value is -0.770. The lowest BCUT2D eigenvalue weighted by Crippen LogP contribution is -2.34. The molecule has 4 nitrogen and oxygen atoms in total. The molecule has 1 fully saturated rings. The van der Waals surface area contributed by atoms with Crippen LogP contribution in [-0.4, -0.2) is 43.3 Å². The Kier molecular flexibility index (Phi) is 6.63. The molecule has 0 aliphatic carbocycles. The van der Waals surface area contributed by atoms with Gasteiger partial charge in [0.25, 0.3) is 0 Å². The standard InChI is InChI=1S/C15H30N2O2/c1-15(2,3)19-14(18)17(4)12-6-8-13-7-5-10-16-11-9-13/h13,16H,5-12H2,1-4H3. The minimum absolute atomic E-state index is 0.213. The molecule has 1 amide bonds. The van der Waals surface area contributed by atoms with Crippen LogP contribution in [0.3, 0.4) is 0 Å². The predicted octanol–water partition coefficient (Wildman–Crippen LogP) is 3.02. The Bertz CT molecular complexity index is 266. The average molecular weight is 270 g/mol. The number of carbonyl (C=O) groups excluding carboxylic acids is 1. The highest BCUT2D eigenvalue weighted by atomic mass is 16.6. The molecule has 0 saturated carbocycles. The van der Waals surface area contributed by atoms with Gasteiger partial charge in [0.05, 0.1) is 0 Å². The van der Waals surface area contributed by atoms with Gasteiger partial charge in [-0.05, 0) is 71.9 Å². The Morgan fingerprint density at radius 3 is 2.74 bits per heavy atom. The van der Waals surface area contributed by atoms with Crippen LogP contribution in [-0.2, 0) is 4.74 Å². The quantitative estimate of drug-likeness (QED) is 0.853. The van der Waals surface area contributed by atoms with Gasteiger partial charge >= 0.3 is 6.09 Å². The van der Waals surface area contributed by atoms with Crippen LogP contribution in [0.1, 0.15) is 52.9 Å². The summed E-state index contributed by atoms with van der Waals surface area (Å²) in [5.74, 6) is 0.821. The van der Waals surface area contributed by atoms with E-state index < -0.39 is 5.60 Å². The van der Waals surface area contributed by atoms with Crippen LogP contribution in [0.5, 0.6) is 0 Å². The van der Waals surface area contributed by atoms with Gasteiger partial charge < -0.3 is 15.0 Å². The number of nitrogens with one attached hydrogen (secondary N) is 1. The van der Waals surface area contributed by atoms with Crippen molar-refractivity contribution in [3.05, 3.63) is 0 Å². The van der Waals surface area contributed by atoms with Crippen molar-refractivity contribution in [2.24, 2.45) is 5.92 Å². The molecule has 0 aromatic heterocycles. The fourth-order valence-corrected chi connectivity index (χ4v) is 2.43. The molecule has 1 heterocycles. The van der Waals surface area contributed by atoms with Crippen LogP contribution in [0.15, 0.2) is 0 Å². The molecule has 0 aromatic rings. The number of hydrogen-bond acceptors (Lipinski definition) is 3. The number of rotatable bonds is 4. The van der Waals surface area contributed by atoms with E-state index in [1.165, 1.54) is 25.7 Å². The lowest BCUT2D eigenvalue weighted by Gasteiger charge is -2.25. The van der Waals surface area contributed by atoms with Gasteiger partial charge in [-0.2, -0.15) is 0 Å². The number of nitrogens with zero attached hydrogens (tertiary/aromatic N) is 1. The SMILES string of the molecule is CN(CCCC1CCCNCC1)C(=O)OC(C)(C)C. The summed E-state index contributed by atoms with van der Waals surface area (Å²) in [6.07, 6.45) is 5.95. The van der Waals surface area contributed by atoms with E-state index in [1.807, 2.05) is 27.8 Å². The number of amides is 1. The first-order chi connectivity index (χ1) is 8.88. The summed E-state index contributed by atoms with van der Waals surface area (Å²) in [6, 6.07) is 0. The van der Waals surface area contributed by atoms with E-state index in [0.717, 1.165) is 32.0 Å². The van der Waals surface area contributed by atoms with Gasteiger partial charge in [-0.15, -0.1) is 0 Å². The first-order valence-electron chi connectivity index (χ1n) is 7.53. The Balaban J connectivity index is 2.18. The van der Waals surface area contributed by atoms with Crippen LogP contribution < -0.4 is 5.32 Å². The van der Waals surface area contributed by atoms with Gasteiger partial charge in [-0.25, -0.2) is 4.79 Å². The minimum atomic E-state index is -0.404. The van der Waals surface area contributed by atoms with Crippen LogP contribution >= 0.6 is 0 Å².